The first-order chi connectivity index (χ1) is 15.1. The van der Waals surface area contributed by atoms with E-state index in [1.807, 2.05) is 11.8 Å². The van der Waals surface area contributed by atoms with Crippen molar-refractivity contribution in [1.82, 2.24) is 9.38 Å². The van der Waals surface area contributed by atoms with Crippen LogP contribution in [-0.4, -0.2) is 42.2 Å². The Kier molecular flexibility index (Phi) is 12.2. The number of hydrogen-bond donors (Lipinski definition) is 0. The molecule has 0 bridgehead atoms. The molecule has 2 aromatic rings. The maximum absolute atomic E-state index is 6.42. The third kappa shape index (κ3) is 8.61. The van der Waals surface area contributed by atoms with E-state index < -0.39 is 27.4 Å². The summed E-state index contributed by atoms with van der Waals surface area (Å²) < 4.78 is 15.1. The van der Waals surface area contributed by atoms with Crippen LogP contribution in [-0.2, 0) is 4.43 Å². The predicted octanol–water partition coefficient (Wildman–Crippen LogP) is 8.57. The van der Waals surface area contributed by atoms with E-state index in [-0.39, 0.29) is 10.9 Å². The summed E-state index contributed by atoms with van der Waals surface area (Å²) in [5, 5.41) is 1.18. The van der Waals surface area contributed by atoms with Gasteiger partial charge in [-0.05, 0) is 0 Å². The topological polar surface area (TPSA) is 26.5 Å². The van der Waals surface area contributed by atoms with Crippen molar-refractivity contribution in [2.75, 3.05) is 0 Å². The fourth-order valence-corrected chi connectivity index (χ4v) is 27.1. The standard InChI is InChI=1S/C13H20N2OS2Si.3C4H9.Sn/c1-13(2,3)8-10(16-19(4)5)18-11-12-15(9-14-11)6-7-17-12;3*1-3-4-2;/h6,9-10H,8H2,1-5H3;3*1,3-4H2,2H3;. The fraction of sp³-hybridized carbons (Fsp3) is 0.800. The van der Waals surface area contributed by atoms with Gasteiger partial charge < -0.3 is 0 Å². The van der Waals surface area contributed by atoms with E-state index in [4.69, 9.17) is 9.41 Å². The molecule has 2 heterocycles. The SMILES string of the molecule is CCC[CH2][Sn]([CH2]CCC)([CH2]CCC)[c]1cn2cnc(SC(CC(C)(C)C)O[Si](C)C)c2s1. The Bertz CT molecular complexity index is 778. The Hall–Kier alpha value is 0.496. The van der Waals surface area contributed by atoms with E-state index in [2.05, 4.69) is 82.9 Å². The number of thioether (sulfide) groups is 1. The van der Waals surface area contributed by atoms with Gasteiger partial charge >= 0.3 is 213 Å². The van der Waals surface area contributed by atoms with Gasteiger partial charge in [0.05, 0.1) is 0 Å². The zero-order valence-corrected chi connectivity index (χ0v) is 27.4. The summed E-state index contributed by atoms with van der Waals surface area (Å²) in [5.74, 6) is 0. The number of thiazole rings is 1. The number of aromatic nitrogens is 2. The molecule has 0 aliphatic rings. The molecule has 0 spiro atoms. The zero-order valence-electron chi connectivity index (χ0n) is 21.9. The molecule has 32 heavy (non-hydrogen) atoms. The van der Waals surface area contributed by atoms with Gasteiger partial charge in [0.25, 0.3) is 0 Å². The molecule has 0 aliphatic heterocycles. The van der Waals surface area contributed by atoms with Crippen LogP contribution in [0.15, 0.2) is 17.6 Å². The first kappa shape index (κ1) is 28.7. The third-order valence-electron chi connectivity index (χ3n) is 6.12. The molecule has 0 saturated heterocycles. The molecular weight excluding hydrogens is 555 g/mol. The van der Waals surface area contributed by atoms with Gasteiger partial charge in [0.2, 0.25) is 0 Å². The Balaban J connectivity index is 2.38. The van der Waals surface area contributed by atoms with Crippen LogP contribution in [0.25, 0.3) is 4.83 Å². The van der Waals surface area contributed by atoms with E-state index >= 15 is 0 Å². The summed E-state index contributed by atoms with van der Waals surface area (Å²) in [6.45, 7) is 18.5. The molecule has 1 atom stereocenters. The Labute approximate surface area is 212 Å². The van der Waals surface area contributed by atoms with Crippen LogP contribution >= 0.6 is 23.1 Å². The second-order valence-electron chi connectivity index (χ2n) is 10.8. The number of rotatable bonds is 15. The Morgan fingerprint density at radius 3 is 2.09 bits per heavy atom. The van der Waals surface area contributed by atoms with Crippen molar-refractivity contribution in [2.24, 2.45) is 5.41 Å². The predicted molar refractivity (Wildman–Crippen MR) is 150 cm³/mol. The van der Waals surface area contributed by atoms with Crippen LogP contribution in [0.2, 0.25) is 26.4 Å². The van der Waals surface area contributed by atoms with E-state index in [1.165, 1.54) is 61.7 Å². The van der Waals surface area contributed by atoms with Crippen molar-refractivity contribution >= 4 is 58.2 Å². The van der Waals surface area contributed by atoms with E-state index in [9.17, 15) is 0 Å². The van der Waals surface area contributed by atoms with E-state index in [0.717, 1.165) is 6.42 Å². The average Bonchev–Trinajstić information content (AvgIpc) is 3.28. The van der Waals surface area contributed by atoms with Gasteiger partial charge in [-0.1, -0.05) is 0 Å². The quantitative estimate of drug-likeness (QED) is 0.116. The number of hydrogen-bond acceptors (Lipinski definition) is 4. The number of imidazole rings is 1. The molecule has 0 saturated carbocycles. The Morgan fingerprint density at radius 2 is 1.62 bits per heavy atom. The summed E-state index contributed by atoms with van der Waals surface area (Å²) in [7, 11) is -0.750. The first-order valence-electron chi connectivity index (χ1n) is 12.7. The molecule has 3 nitrogen and oxygen atoms in total. The molecular formula is C25H47N2OS2SiSn. The van der Waals surface area contributed by atoms with Crippen LogP contribution in [0.1, 0.15) is 86.5 Å². The molecule has 7 heteroatoms. The van der Waals surface area contributed by atoms with Gasteiger partial charge in [0.1, 0.15) is 0 Å². The normalized spacial score (nSPS) is 14.0. The molecule has 1 radical (unpaired) electrons. The molecule has 0 N–H and O–H groups in total. The van der Waals surface area contributed by atoms with Crippen molar-refractivity contribution in [3.63, 3.8) is 0 Å². The monoisotopic (exact) mass is 603 g/mol. The summed E-state index contributed by atoms with van der Waals surface area (Å²) in [6.07, 6.45) is 13.8. The molecule has 2 rings (SSSR count). The number of unbranched alkanes of at least 4 members (excludes halogenated alkanes) is 3. The van der Waals surface area contributed by atoms with Gasteiger partial charge in [-0.2, -0.15) is 0 Å². The summed E-state index contributed by atoms with van der Waals surface area (Å²) in [6, 6.07) is 0. The fourth-order valence-electron chi connectivity index (χ4n) is 4.39. The number of nitrogens with zero attached hydrogens (tertiary/aromatic N) is 2. The van der Waals surface area contributed by atoms with Gasteiger partial charge in [-0.3, -0.25) is 0 Å². The molecule has 183 valence electrons. The average molecular weight is 603 g/mol. The Morgan fingerprint density at radius 1 is 1.06 bits per heavy atom. The third-order valence-corrected chi connectivity index (χ3v) is 27.5. The van der Waals surface area contributed by atoms with Crippen molar-refractivity contribution in [2.45, 2.75) is 123 Å². The van der Waals surface area contributed by atoms with Gasteiger partial charge in [-0.25, -0.2) is 0 Å². The van der Waals surface area contributed by atoms with Crippen molar-refractivity contribution < 1.29 is 4.43 Å². The first-order valence-corrected chi connectivity index (χ1v) is 24.3. The molecule has 0 aliphatic carbocycles. The zero-order chi connectivity index (χ0) is 23.8. The van der Waals surface area contributed by atoms with Crippen LogP contribution in [0.3, 0.4) is 0 Å². The molecule has 0 aromatic carbocycles. The minimum absolute atomic E-state index is 0.191. The molecule has 2 aromatic heterocycles. The van der Waals surface area contributed by atoms with Crippen molar-refractivity contribution in [1.29, 1.82) is 0 Å². The van der Waals surface area contributed by atoms with Crippen molar-refractivity contribution in [3.8, 4) is 0 Å². The second-order valence-corrected chi connectivity index (χ2v) is 29.2. The summed E-state index contributed by atoms with van der Waals surface area (Å²) in [4.78, 5) is 6.19. The minimum atomic E-state index is -2.40. The molecule has 0 amide bonds. The van der Waals surface area contributed by atoms with Crippen LogP contribution in [0.4, 0.5) is 0 Å². The van der Waals surface area contributed by atoms with Gasteiger partial charge in [-0.15, -0.1) is 0 Å². The van der Waals surface area contributed by atoms with Crippen LogP contribution < -0.4 is 2.89 Å². The van der Waals surface area contributed by atoms with E-state index in [1.54, 1.807) is 2.89 Å². The molecule has 0 fully saturated rings. The van der Waals surface area contributed by atoms with Crippen LogP contribution in [0, 0.1) is 5.41 Å². The summed E-state index contributed by atoms with van der Waals surface area (Å²) >= 11 is 1.56. The summed E-state index contributed by atoms with van der Waals surface area (Å²) in [5.41, 5.74) is 0.442. The van der Waals surface area contributed by atoms with Crippen LogP contribution in [0.5, 0.6) is 0 Å². The van der Waals surface area contributed by atoms with E-state index in [0.29, 0.717) is 0 Å². The number of fused-ring (bicyclic) bond motifs is 1. The molecule has 1 unspecified atom stereocenters. The second kappa shape index (κ2) is 13.5. The van der Waals surface area contributed by atoms with Gasteiger partial charge in [0.15, 0.2) is 0 Å². The maximum atomic E-state index is 6.42. The van der Waals surface area contributed by atoms with Crippen molar-refractivity contribution in [3.05, 3.63) is 12.5 Å². The van der Waals surface area contributed by atoms with Gasteiger partial charge in [0, 0.05) is 0 Å².